The highest BCUT2D eigenvalue weighted by molar-refractivity contribution is 6.14. The number of fused-ring (bicyclic) bond motifs is 1. The van der Waals surface area contributed by atoms with Gasteiger partial charge in [0.1, 0.15) is 0 Å². The van der Waals surface area contributed by atoms with Crippen LogP contribution < -0.4 is 4.90 Å². The quantitative estimate of drug-likeness (QED) is 0.493. The molecule has 4 rings (SSSR count). The predicted molar refractivity (Wildman–Crippen MR) is 107 cm³/mol. The fraction of sp³-hybridized carbons (Fsp3) is 0.0870. The Morgan fingerprint density at radius 1 is 0.885 bits per heavy atom. The molecule has 26 heavy (non-hydrogen) atoms. The third kappa shape index (κ3) is 2.78. The number of hydrogen-bond donors (Lipinski definition) is 0. The number of aromatic nitrogens is 1. The molecule has 0 aliphatic heterocycles. The lowest BCUT2D eigenvalue weighted by atomic mass is 9.96. The van der Waals surface area contributed by atoms with Gasteiger partial charge in [-0.05, 0) is 24.3 Å². The van der Waals surface area contributed by atoms with Gasteiger partial charge in [0.25, 0.3) is 0 Å². The minimum Gasteiger partial charge on any atom is -0.377 e. The Bertz CT molecular complexity index is 1040. The lowest BCUT2D eigenvalue weighted by molar-refractivity contribution is 0.103. The number of benzene rings is 2. The second-order valence-corrected chi connectivity index (χ2v) is 6.55. The second-order valence-electron chi connectivity index (χ2n) is 6.55. The molecule has 0 aliphatic carbocycles. The van der Waals surface area contributed by atoms with Crippen molar-refractivity contribution in [2.24, 2.45) is 0 Å². The van der Waals surface area contributed by atoms with Crippen molar-refractivity contribution in [2.75, 3.05) is 19.0 Å². The molecule has 2 aromatic heterocycles. The van der Waals surface area contributed by atoms with Gasteiger partial charge in [-0.2, -0.15) is 0 Å². The first-order valence-electron chi connectivity index (χ1n) is 8.62. The highest BCUT2D eigenvalue weighted by Crippen LogP contribution is 2.35. The highest BCUT2D eigenvalue weighted by Gasteiger charge is 2.19. The van der Waals surface area contributed by atoms with Gasteiger partial charge < -0.3 is 9.30 Å². The second kappa shape index (κ2) is 6.52. The van der Waals surface area contributed by atoms with Crippen LogP contribution in [0.5, 0.6) is 0 Å². The SMILES string of the molecule is CN(C)c1c(C(=O)c2ccccc2)cccc1-c1cc2ccccn2c1. The van der Waals surface area contributed by atoms with E-state index < -0.39 is 0 Å². The largest absolute Gasteiger partial charge is 0.377 e. The topological polar surface area (TPSA) is 24.7 Å². The number of carbonyl (C=O) groups is 1. The summed E-state index contributed by atoms with van der Waals surface area (Å²) in [5.74, 6) is 0.0416. The summed E-state index contributed by atoms with van der Waals surface area (Å²) in [5.41, 5.74) is 5.65. The summed E-state index contributed by atoms with van der Waals surface area (Å²) < 4.78 is 2.10. The van der Waals surface area contributed by atoms with Crippen molar-refractivity contribution >= 4 is 17.0 Å². The van der Waals surface area contributed by atoms with E-state index in [0.717, 1.165) is 22.3 Å². The minimum absolute atomic E-state index is 0.0416. The first kappa shape index (κ1) is 16.2. The van der Waals surface area contributed by atoms with Gasteiger partial charge in [-0.15, -0.1) is 0 Å². The van der Waals surface area contributed by atoms with E-state index in [2.05, 4.69) is 28.8 Å². The molecule has 0 spiro atoms. The van der Waals surface area contributed by atoms with Gasteiger partial charge in [-0.3, -0.25) is 4.79 Å². The van der Waals surface area contributed by atoms with Crippen molar-refractivity contribution in [1.82, 2.24) is 4.40 Å². The van der Waals surface area contributed by atoms with E-state index in [1.807, 2.05) is 79.8 Å². The monoisotopic (exact) mass is 340 g/mol. The molecule has 2 heterocycles. The van der Waals surface area contributed by atoms with Gasteiger partial charge in [0.2, 0.25) is 0 Å². The fourth-order valence-corrected chi connectivity index (χ4v) is 3.39. The molecule has 3 heteroatoms. The first-order valence-corrected chi connectivity index (χ1v) is 8.62. The maximum atomic E-state index is 13.1. The van der Waals surface area contributed by atoms with Crippen LogP contribution in [-0.2, 0) is 0 Å². The molecule has 0 fully saturated rings. The van der Waals surface area contributed by atoms with Gasteiger partial charge in [-0.25, -0.2) is 0 Å². The lowest BCUT2D eigenvalue weighted by Crippen LogP contribution is -2.15. The molecule has 0 amide bonds. The van der Waals surface area contributed by atoms with E-state index in [1.165, 1.54) is 0 Å². The number of ketones is 1. The highest BCUT2D eigenvalue weighted by atomic mass is 16.1. The Labute approximate surface area is 153 Å². The zero-order chi connectivity index (χ0) is 18.1. The molecule has 4 aromatic rings. The molecule has 0 atom stereocenters. The van der Waals surface area contributed by atoms with Crippen molar-refractivity contribution in [3.8, 4) is 11.1 Å². The Morgan fingerprint density at radius 2 is 1.65 bits per heavy atom. The third-order valence-electron chi connectivity index (χ3n) is 4.58. The fourth-order valence-electron chi connectivity index (χ4n) is 3.39. The predicted octanol–water partition coefficient (Wildman–Crippen LogP) is 4.90. The summed E-state index contributed by atoms with van der Waals surface area (Å²) in [4.78, 5) is 15.1. The Kier molecular flexibility index (Phi) is 4.05. The van der Waals surface area contributed by atoms with E-state index in [9.17, 15) is 4.79 Å². The maximum absolute atomic E-state index is 13.1. The van der Waals surface area contributed by atoms with Crippen LogP contribution in [0.4, 0.5) is 5.69 Å². The number of anilines is 1. The molecular formula is C23H20N2O. The first-order chi connectivity index (χ1) is 12.6. The minimum atomic E-state index is 0.0416. The van der Waals surface area contributed by atoms with Crippen molar-refractivity contribution in [3.05, 3.63) is 96.3 Å². The summed E-state index contributed by atoms with van der Waals surface area (Å²) in [7, 11) is 3.97. The molecule has 0 radical (unpaired) electrons. The molecule has 0 N–H and O–H groups in total. The number of pyridine rings is 1. The molecule has 0 bridgehead atoms. The van der Waals surface area contributed by atoms with E-state index >= 15 is 0 Å². The Hall–Kier alpha value is -3.33. The molecule has 0 saturated heterocycles. The van der Waals surface area contributed by atoms with Gasteiger partial charge in [0.05, 0.1) is 5.69 Å². The van der Waals surface area contributed by atoms with E-state index in [4.69, 9.17) is 0 Å². The maximum Gasteiger partial charge on any atom is 0.195 e. The Morgan fingerprint density at radius 3 is 2.38 bits per heavy atom. The van der Waals surface area contributed by atoms with E-state index in [0.29, 0.717) is 11.1 Å². The standard InChI is InChI=1S/C23H20N2O/c1-24(2)22-20(18-15-19-11-6-7-14-25(19)16-18)12-8-13-21(22)23(26)17-9-4-3-5-10-17/h3-16H,1-2H3. The van der Waals surface area contributed by atoms with Crippen LogP contribution in [0, 0.1) is 0 Å². The average molecular weight is 340 g/mol. The number of rotatable bonds is 4. The van der Waals surface area contributed by atoms with E-state index in [-0.39, 0.29) is 5.78 Å². The van der Waals surface area contributed by atoms with E-state index in [1.54, 1.807) is 0 Å². The normalized spacial score (nSPS) is 10.8. The van der Waals surface area contributed by atoms with Gasteiger partial charge >= 0.3 is 0 Å². The molecule has 2 aromatic carbocycles. The third-order valence-corrected chi connectivity index (χ3v) is 4.58. The van der Waals surface area contributed by atoms with Crippen LogP contribution in [0.1, 0.15) is 15.9 Å². The average Bonchev–Trinajstić information content (AvgIpc) is 3.11. The van der Waals surface area contributed by atoms with Crippen LogP contribution in [0.25, 0.3) is 16.6 Å². The summed E-state index contributed by atoms with van der Waals surface area (Å²) in [5, 5.41) is 0. The number of para-hydroxylation sites is 1. The zero-order valence-electron chi connectivity index (χ0n) is 14.9. The molecular weight excluding hydrogens is 320 g/mol. The van der Waals surface area contributed by atoms with Crippen molar-refractivity contribution in [3.63, 3.8) is 0 Å². The van der Waals surface area contributed by atoms with Crippen molar-refractivity contribution in [2.45, 2.75) is 0 Å². The number of nitrogens with zero attached hydrogens (tertiary/aromatic N) is 2. The molecule has 3 nitrogen and oxygen atoms in total. The van der Waals surface area contributed by atoms with Crippen molar-refractivity contribution < 1.29 is 4.79 Å². The summed E-state index contributed by atoms with van der Waals surface area (Å²) >= 11 is 0. The van der Waals surface area contributed by atoms with Gasteiger partial charge in [0, 0.05) is 54.3 Å². The van der Waals surface area contributed by atoms with Crippen LogP contribution in [0.3, 0.4) is 0 Å². The molecule has 0 unspecified atom stereocenters. The van der Waals surface area contributed by atoms with Crippen LogP contribution in [0.2, 0.25) is 0 Å². The Balaban J connectivity index is 1.90. The summed E-state index contributed by atoms with van der Waals surface area (Å²) in [6, 6.07) is 23.7. The van der Waals surface area contributed by atoms with Gasteiger partial charge in [-0.1, -0.05) is 48.5 Å². The number of hydrogen-bond acceptors (Lipinski definition) is 2. The smallest absolute Gasteiger partial charge is 0.195 e. The lowest BCUT2D eigenvalue weighted by Gasteiger charge is -2.21. The zero-order valence-corrected chi connectivity index (χ0v) is 14.9. The van der Waals surface area contributed by atoms with Crippen molar-refractivity contribution in [1.29, 1.82) is 0 Å². The van der Waals surface area contributed by atoms with Gasteiger partial charge in [0.15, 0.2) is 5.78 Å². The summed E-state index contributed by atoms with van der Waals surface area (Å²) in [6.45, 7) is 0. The van der Waals surface area contributed by atoms with Crippen LogP contribution in [-0.4, -0.2) is 24.3 Å². The molecule has 0 aliphatic rings. The van der Waals surface area contributed by atoms with Crippen LogP contribution >= 0.6 is 0 Å². The number of carbonyl (C=O) groups excluding carboxylic acids is 1. The summed E-state index contributed by atoms with van der Waals surface area (Å²) in [6.07, 6.45) is 4.14. The molecule has 128 valence electrons. The molecule has 0 saturated carbocycles. The van der Waals surface area contributed by atoms with Crippen LogP contribution in [0.15, 0.2) is 85.2 Å².